The summed E-state index contributed by atoms with van der Waals surface area (Å²) in [6, 6.07) is 1.30. The number of fused-ring (bicyclic) bond motifs is 1. The third-order valence-electron chi connectivity index (χ3n) is 2.05. The Bertz CT molecular complexity index is 539. The van der Waals surface area contributed by atoms with Crippen LogP contribution in [0, 0.1) is 0 Å². The average molecular weight is 261 g/mol. The van der Waals surface area contributed by atoms with Crippen LogP contribution >= 0.6 is 0 Å². The molecule has 2 N–H and O–H groups in total. The second-order valence-corrected chi connectivity index (χ2v) is 3.51. The van der Waals surface area contributed by atoms with E-state index in [1.54, 1.807) is 0 Å². The van der Waals surface area contributed by atoms with Crippen molar-refractivity contribution in [2.75, 3.05) is 13.2 Å². The van der Waals surface area contributed by atoms with Gasteiger partial charge in [-0.25, -0.2) is 4.98 Å². The first-order valence-electron chi connectivity index (χ1n) is 5.13. The number of alkyl halides is 3. The van der Waals surface area contributed by atoms with E-state index in [0.717, 1.165) is 0 Å². The van der Waals surface area contributed by atoms with E-state index in [1.165, 1.54) is 12.3 Å². The molecule has 2 aromatic heterocycles. The van der Waals surface area contributed by atoms with Crippen LogP contribution in [0.15, 0.2) is 16.7 Å². The highest BCUT2D eigenvalue weighted by Crippen LogP contribution is 2.26. The Labute approximate surface area is 99.8 Å². The lowest BCUT2D eigenvalue weighted by atomic mass is 10.4. The molecule has 0 aliphatic carbocycles. The molecule has 0 radical (unpaired) electrons. The summed E-state index contributed by atoms with van der Waals surface area (Å²) in [5, 5.41) is 0. The Morgan fingerprint density at radius 1 is 1.39 bits per heavy atom. The van der Waals surface area contributed by atoms with Gasteiger partial charge in [0.05, 0.1) is 0 Å². The van der Waals surface area contributed by atoms with Gasteiger partial charge in [0.1, 0.15) is 0 Å². The first-order chi connectivity index (χ1) is 8.49. The number of hydrogen-bond acceptors (Lipinski definition) is 5. The van der Waals surface area contributed by atoms with Gasteiger partial charge in [0.2, 0.25) is 11.2 Å². The van der Waals surface area contributed by atoms with Crippen molar-refractivity contribution in [3.8, 4) is 5.75 Å². The molecule has 0 bridgehead atoms. The van der Waals surface area contributed by atoms with Gasteiger partial charge in [0.15, 0.2) is 18.2 Å². The SMILES string of the molecule is NCCc1nc2nccc(OCC(F)(F)F)c2o1. The molecule has 8 heteroatoms. The Balaban J connectivity index is 2.27. The Hall–Kier alpha value is -1.83. The Kier molecular flexibility index (Phi) is 3.37. The summed E-state index contributed by atoms with van der Waals surface area (Å²) in [5.74, 6) is 0.288. The van der Waals surface area contributed by atoms with E-state index in [1.807, 2.05) is 0 Å². The largest absolute Gasteiger partial charge is 0.480 e. The fourth-order valence-corrected chi connectivity index (χ4v) is 1.36. The number of nitrogens with two attached hydrogens (primary N) is 1. The van der Waals surface area contributed by atoms with E-state index in [2.05, 4.69) is 14.7 Å². The summed E-state index contributed by atoms with van der Waals surface area (Å²) in [4.78, 5) is 7.87. The third-order valence-corrected chi connectivity index (χ3v) is 2.05. The maximum absolute atomic E-state index is 12.1. The minimum absolute atomic E-state index is 0.0342. The van der Waals surface area contributed by atoms with Crippen LogP contribution in [-0.2, 0) is 6.42 Å². The molecule has 0 fully saturated rings. The summed E-state index contributed by atoms with van der Waals surface area (Å²) in [6.45, 7) is -1.06. The number of halogens is 3. The van der Waals surface area contributed by atoms with Crippen LogP contribution in [0.5, 0.6) is 5.75 Å². The van der Waals surface area contributed by atoms with E-state index in [9.17, 15) is 13.2 Å². The van der Waals surface area contributed by atoms with Gasteiger partial charge in [-0.2, -0.15) is 18.2 Å². The number of hydrogen-bond donors (Lipinski definition) is 1. The van der Waals surface area contributed by atoms with Crippen molar-refractivity contribution in [1.82, 2.24) is 9.97 Å². The monoisotopic (exact) mass is 261 g/mol. The number of oxazole rings is 1. The maximum atomic E-state index is 12.1. The van der Waals surface area contributed by atoms with Crippen LogP contribution in [0.4, 0.5) is 13.2 Å². The Morgan fingerprint density at radius 3 is 2.83 bits per heavy atom. The molecule has 98 valence electrons. The molecule has 2 rings (SSSR count). The highest BCUT2D eigenvalue weighted by molar-refractivity contribution is 5.75. The van der Waals surface area contributed by atoms with Gasteiger partial charge in [-0.05, 0) is 0 Å². The van der Waals surface area contributed by atoms with Gasteiger partial charge in [0.25, 0.3) is 0 Å². The predicted molar refractivity (Wildman–Crippen MR) is 56.1 cm³/mol. The van der Waals surface area contributed by atoms with Crippen molar-refractivity contribution in [2.24, 2.45) is 5.73 Å². The van der Waals surface area contributed by atoms with Crippen molar-refractivity contribution >= 4 is 11.2 Å². The summed E-state index contributed by atoms with van der Waals surface area (Å²) in [7, 11) is 0. The van der Waals surface area contributed by atoms with Gasteiger partial charge in [0, 0.05) is 25.2 Å². The van der Waals surface area contributed by atoms with Crippen LogP contribution in [0.3, 0.4) is 0 Å². The molecule has 0 saturated carbocycles. The summed E-state index contributed by atoms with van der Waals surface area (Å²) >= 11 is 0. The molecule has 2 heterocycles. The van der Waals surface area contributed by atoms with Crippen molar-refractivity contribution in [3.05, 3.63) is 18.2 Å². The molecule has 0 amide bonds. The zero-order chi connectivity index (χ0) is 13.2. The average Bonchev–Trinajstić information content (AvgIpc) is 2.68. The highest BCUT2D eigenvalue weighted by atomic mass is 19.4. The lowest BCUT2D eigenvalue weighted by molar-refractivity contribution is -0.153. The molecular formula is C10H10F3N3O2. The second kappa shape index (κ2) is 4.81. The zero-order valence-corrected chi connectivity index (χ0v) is 9.20. The van der Waals surface area contributed by atoms with Crippen molar-refractivity contribution in [3.63, 3.8) is 0 Å². The van der Waals surface area contributed by atoms with Gasteiger partial charge in [-0.3, -0.25) is 0 Å². The topological polar surface area (TPSA) is 74.2 Å². The molecule has 0 aliphatic heterocycles. The second-order valence-electron chi connectivity index (χ2n) is 3.51. The molecule has 0 aromatic carbocycles. The number of ether oxygens (including phenoxy) is 1. The molecule has 5 nitrogen and oxygen atoms in total. The first-order valence-corrected chi connectivity index (χ1v) is 5.13. The number of pyridine rings is 1. The summed E-state index contributed by atoms with van der Waals surface area (Å²) in [6.07, 6.45) is -2.71. The van der Waals surface area contributed by atoms with Gasteiger partial charge in [-0.1, -0.05) is 0 Å². The fraction of sp³-hybridized carbons (Fsp3) is 0.400. The van der Waals surface area contributed by atoms with Gasteiger partial charge < -0.3 is 14.9 Å². The van der Waals surface area contributed by atoms with E-state index in [4.69, 9.17) is 10.2 Å². The zero-order valence-electron chi connectivity index (χ0n) is 9.20. The minimum Gasteiger partial charge on any atom is -0.480 e. The standard InChI is InChI=1S/C10H10F3N3O2/c11-10(12,13)5-17-6-2-4-15-9-8(6)18-7(16-9)1-3-14/h2,4H,1,3,5,14H2. The molecule has 0 atom stereocenters. The molecule has 0 saturated heterocycles. The minimum atomic E-state index is -4.41. The predicted octanol–water partition coefficient (Wildman–Crippen LogP) is 1.67. The van der Waals surface area contributed by atoms with Crippen LogP contribution in [0.1, 0.15) is 5.89 Å². The number of aromatic nitrogens is 2. The maximum Gasteiger partial charge on any atom is 0.422 e. The van der Waals surface area contributed by atoms with E-state index >= 15 is 0 Å². The van der Waals surface area contributed by atoms with Crippen LogP contribution < -0.4 is 10.5 Å². The van der Waals surface area contributed by atoms with Crippen LogP contribution in [-0.4, -0.2) is 29.3 Å². The van der Waals surface area contributed by atoms with Crippen LogP contribution in [0.2, 0.25) is 0 Å². The number of rotatable bonds is 4. The molecule has 2 aromatic rings. The molecule has 18 heavy (non-hydrogen) atoms. The normalized spacial score (nSPS) is 12.0. The van der Waals surface area contributed by atoms with Crippen molar-refractivity contribution in [1.29, 1.82) is 0 Å². The molecule has 0 aliphatic rings. The highest BCUT2D eigenvalue weighted by Gasteiger charge is 2.29. The summed E-state index contributed by atoms with van der Waals surface area (Å²) < 4.78 is 46.1. The van der Waals surface area contributed by atoms with Gasteiger partial charge >= 0.3 is 6.18 Å². The first kappa shape index (κ1) is 12.6. The smallest absolute Gasteiger partial charge is 0.422 e. The Morgan fingerprint density at radius 2 is 2.17 bits per heavy atom. The molecular weight excluding hydrogens is 251 g/mol. The van der Waals surface area contributed by atoms with Crippen molar-refractivity contribution in [2.45, 2.75) is 12.6 Å². The van der Waals surface area contributed by atoms with Crippen LogP contribution in [0.25, 0.3) is 11.2 Å². The van der Waals surface area contributed by atoms with E-state index < -0.39 is 12.8 Å². The summed E-state index contributed by atoms with van der Waals surface area (Å²) in [5.41, 5.74) is 5.64. The van der Waals surface area contributed by atoms with Gasteiger partial charge in [-0.15, -0.1) is 0 Å². The lowest BCUT2D eigenvalue weighted by Crippen LogP contribution is -2.19. The lowest BCUT2D eigenvalue weighted by Gasteiger charge is -2.08. The fourth-order valence-electron chi connectivity index (χ4n) is 1.36. The van der Waals surface area contributed by atoms with E-state index in [0.29, 0.717) is 18.9 Å². The molecule has 0 unspecified atom stereocenters. The molecule has 0 spiro atoms. The number of nitrogens with zero attached hydrogens (tertiary/aromatic N) is 2. The van der Waals surface area contributed by atoms with E-state index in [-0.39, 0.29) is 17.0 Å². The quantitative estimate of drug-likeness (QED) is 0.906. The van der Waals surface area contributed by atoms with Crippen molar-refractivity contribution < 1.29 is 22.3 Å². The third kappa shape index (κ3) is 2.89.